The molecule has 0 aromatic carbocycles. The van der Waals surface area contributed by atoms with Crippen LogP contribution >= 0.6 is 0 Å². The lowest BCUT2D eigenvalue weighted by Gasteiger charge is -2.43. The van der Waals surface area contributed by atoms with Gasteiger partial charge in [0.2, 0.25) is 0 Å². The molecule has 2 fully saturated rings. The van der Waals surface area contributed by atoms with Crippen molar-refractivity contribution in [3.63, 3.8) is 0 Å². The minimum atomic E-state index is -1.70. The van der Waals surface area contributed by atoms with Crippen LogP contribution in [0.1, 0.15) is 6.92 Å². The molecule has 0 aromatic heterocycles. The summed E-state index contributed by atoms with van der Waals surface area (Å²) in [5, 5.41) is 0. The van der Waals surface area contributed by atoms with Crippen LogP contribution < -0.4 is 0 Å². The molecule has 0 radical (unpaired) electrons. The van der Waals surface area contributed by atoms with E-state index in [0.29, 0.717) is 0 Å². The fourth-order valence-corrected chi connectivity index (χ4v) is 3.58. The highest BCUT2D eigenvalue weighted by atomic mass is 28.4. The van der Waals surface area contributed by atoms with Crippen molar-refractivity contribution in [3.05, 3.63) is 0 Å². The largest absolute Gasteiger partial charge is 0.454 e. The van der Waals surface area contributed by atoms with E-state index in [1.165, 1.54) is 0 Å². The molecule has 2 rings (SSSR count). The van der Waals surface area contributed by atoms with Gasteiger partial charge in [0.15, 0.2) is 14.6 Å². The van der Waals surface area contributed by atoms with Crippen LogP contribution in [0, 0.1) is 0 Å². The van der Waals surface area contributed by atoms with E-state index in [4.69, 9.17) is 23.2 Å². The maximum atomic E-state index is 6.18. The fourth-order valence-electron chi connectivity index (χ4n) is 2.51. The second-order valence-corrected chi connectivity index (χ2v) is 10.4. The van der Waals surface area contributed by atoms with Gasteiger partial charge in [-0.05, 0) is 33.4 Å². The molecule has 18 heavy (non-hydrogen) atoms. The van der Waals surface area contributed by atoms with Crippen molar-refractivity contribution in [2.45, 2.75) is 64.1 Å². The topological polar surface area (TPSA) is 46.2 Å². The number of rotatable bonds is 3. The molecule has 0 N–H and O–H groups in total. The molecule has 0 aliphatic carbocycles. The maximum absolute atomic E-state index is 6.18. The smallest absolute Gasteiger partial charge is 0.407 e. The van der Waals surface area contributed by atoms with Gasteiger partial charge >= 0.3 is 7.12 Å². The normalized spacial score (nSPS) is 41.0. The molecule has 2 heterocycles. The van der Waals surface area contributed by atoms with E-state index in [9.17, 15) is 0 Å². The van der Waals surface area contributed by atoms with Gasteiger partial charge in [-0.25, -0.2) is 0 Å². The second kappa shape index (κ2) is 5.22. The Balaban J connectivity index is 2.17. The Morgan fingerprint density at radius 3 is 2.28 bits per heavy atom. The fraction of sp³-hybridized carbons (Fsp3) is 1.00. The summed E-state index contributed by atoms with van der Waals surface area (Å²) in [7, 11) is -0.279. The summed E-state index contributed by atoms with van der Waals surface area (Å²) < 4.78 is 29.0. The van der Waals surface area contributed by atoms with Crippen LogP contribution in [0.2, 0.25) is 26.5 Å². The van der Waals surface area contributed by atoms with E-state index in [2.05, 4.69) is 19.6 Å². The average molecular weight is 274 g/mol. The van der Waals surface area contributed by atoms with Crippen molar-refractivity contribution in [3.8, 4) is 0 Å². The van der Waals surface area contributed by atoms with E-state index in [0.717, 1.165) is 0 Å². The zero-order chi connectivity index (χ0) is 13.5. The van der Waals surface area contributed by atoms with Crippen molar-refractivity contribution in [1.29, 1.82) is 0 Å². The number of ether oxygens (including phenoxy) is 2. The van der Waals surface area contributed by atoms with Gasteiger partial charge in [0.1, 0.15) is 6.10 Å². The Kier molecular flexibility index (Phi) is 4.20. The Morgan fingerprint density at radius 1 is 1.11 bits per heavy atom. The zero-order valence-corrected chi connectivity index (χ0v) is 13.0. The Labute approximate surface area is 110 Å². The number of methoxy groups -OCH3 is 1. The maximum Gasteiger partial charge on any atom is 0.454 e. The molecule has 2 aliphatic rings. The first-order chi connectivity index (χ1) is 8.31. The molecule has 104 valence electrons. The van der Waals surface area contributed by atoms with Crippen LogP contribution in [0.25, 0.3) is 0 Å². The third kappa shape index (κ3) is 2.97. The molecule has 5 nitrogen and oxygen atoms in total. The molecule has 0 unspecified atom stereocenters. The summed E-state index contributed by atoms with van der Waals surface area (Å²) in [5.41, 5.74) is 0. The number of hydrogen-bond donors (Lipinski definition) is 0. The van der Waals surface area contributed by atoms with Crippen molar-refractivity contribution in [2.24, 2.45) is 0 Å². The third-order valence-corrected chi connectivity index (χ3v) is 4.13. The third-order valence-electron chi connectivity index (χ3n) is 3.15. The van der Waals surface area contributed by atoms with Gasteiger partial charge < -0.3 is 23.2 Å². The Hall–Kier alpha value is 0.0818. The summed E-state index contributed by atoms with van der Waals surface area (Å²) in [5.74, 6) is 0. The quantitative estimate of drug-likeness (QED) is 0.730. The van der Waals surface area contributed by atoms with Crippen molar-refractivity contribution >= 4 is 15.4 Å². The lowest BCUT2D eigenvalue weighted by atomic mass is 9.97. The monoisotopic (exact) mass is 274 g/mol. The lowest BCUT2D eigenvalue weighted by molar-refractivity contribution is -0.260. The highest BCUT2D eigenvalue weighted by Crippen LogP contribution is 2.34. The highest BCUT2D eigenvalue weighted by Gasteiger charge is 2.53. The summed E-state index contributed by atoms with van der Waals surface area (Å²) in [6, 6.07) is 0. The Morgan fingerprint density at radius 2 is 1.72 bits per heavy atom. The lowest BCUT2D eigenvalue weighted by Crippen LogP contribution is -2.59. The molecule has 2 saturated heterocycles. The average Bonchev–Trinajstić information content (AvgIpc) is 2.63. The molecular formula is C11H23BO5Si. The molecule has 0 spiro atoms. The van der Waals surface area contributed by atoms with E-state index in [-0.39, 0.29) is 37.8 Å². The molecule has 0 saturated carbocycles. The summed E-state index contributed by atoms with van der Waals surface area (Å²) >= 11 is 0. The minimum absolute atomic E-state index is 0.0496. The Bertz CT molecular complexity index is 298. The SMILES string of the molecule is CO[C@@H]1O[C@@H](C)[C@H]2OB(C)O[C@H]2[C@@H]1O[Si](C)(C)C. The second-order valence-electron chi connectivity index (χ2n) is 5.91. The van der Waals surface area contributed by atoms with Crippen LogP contribution in [-0.4, -0.2) is 53.3 Å². The molecular weight excluding hydrogens is 251 g/mol. The van der Waals surface area contributed by atoms with Crippen LogP contribution in [-0.2, 0) is 23.2 Å². The molecule has 5 atom stereocenters. The first-order valence-electron chi connectivity index (χ1n) is 6.49. The number of hydrogen-bond acceptors (Lipinski definition) is 5. The van der Waals surface area contributed by atoms with Crippen molar-refractivity contribution in [2.75, 3.05) is 7.11 Å². The summed E-state index contributed by atoms with van der Waals surface area (Å²) in [6.07, 6.45) is -0.839. The van der Waals surface area contributed by atoms with Gasteiger partial charge in [-0.1, -0.05) is 0 Å². The summed E-state index contributed by atoms with van der Waals surface area (Å²) in [6.45, 7) is 10.3. The van der Waals surface area contributed by atoms with Crippen LogP contribution in [0.3, 0.4) is 0 Å². The predicted molar refractivity (Wildman–Crippen MR) is 70.9 cm³/mol. The molecule has 0 amide bonds. The van der Waals surface area contributed by atoms with E-state index in [1.54, 1.807) is 7.11 Å². The summed E-state index contributed by atoms with van der Waals surface area (Å²) in [4.78, 5) is 0. The zero-order valence-electron chi connectivity index (χ0n) is 12.0. The highest BCUT2D eigenvalue weighted by molar-refractivity contribution is 6.69. The first-order valence-corrected chi connectivity index (χ1v) is 9.89. The van der Waals surface area contributed by atoms with Gasteiger partial charge in [0.05, 0.1) is 18.3 Å². The van der Waals surface area contributed by atoms with E-state index in [1.807, 2.05) is 13.7 Å². The van der Waals surface area contributed by atoms with E-state index >= 15 is 0 Å². The van der Waals surface area contributed by atoms with Gasteiger partial charge in [0.25, 0.3) is 0 Å². The molecule has 2 aliphatic heterocycles. The van der Waals surface area contributed by atoms with Gasteiger partial charge in [-0.15, -0.1) is 0 Å². The standard InChI is InChI=1S/C11H23BO5Si/c1-7-8-9(16-12(2)15-8)10(11(13-3)14-7)17-18(4,5)6/h7-11H,1-6H3/t7-,8+,9+,10-,11+/m0/s1. The van der Waals surface area contributed by atoms with Crippen molar-refractivity contribution < 1.29 is 23.2 Å². The minimum Gasteiger partial charge on any atom is -0.407 e. The molecule has 0 bridgehead atoms. The van der Waals surface area contributed by atoms with E-state index < -0.39 is 8.32 Å². The van der Waals surface area contributed by atoms with Gasteiger partial charge in [-0.2, -0.15) is 0 Å². The molecule has 0 aromatic rings. The molecule has 7 heteroatoms. The van der Waals surface area contributed by atoms with Gasteiger partial charge in [0, 0.05) is 7.11 Å². The van der Waals surface area contributed by atoms with Crippen LogP contribution in [0.15, 0.2) is 0 Å². The van der Waals surface area contributed by atoms with Crippen LogP contribution in [0.4, 0.5) is 0 Å². The van der Waals surface area contributed by atoms with Gasteiger partial charge in [-0.3, -0.25) is 0 Å². The van der Waals surface area contributed by atoms with Crippen LogP contribution in [0.5, 0.6) is 0 Å². The first kappa shape index (κ1) is 14.5. The number of fused-ring (bicyclic) bond motifs is 1. The van der Waals surface area contributed by atoms with Crippen molar-refractivity contribution in [1.82, 2.24) is 0 Å². The predicted octanol–water partition coefficient (Wildman–Crippen LogP) is 1.50.